The van der Waals surface area contributed by atoms with Gasteiger partial charge in [0.15, 0.2) is 5.69 Å². The molecule has 0 atom stereocenters. The minimum absolute atomic E-state index is 0.0547. The zero-order valence-electron chi connectivity index (χ0n) is 19.4. The second-order valence-electron chi connectivity index (χ2n) is 10.5. The van der Waals surface area contributed by atoms with Crippen LogP contribution in [0.5, 0.6) is 0 Å². The van der Waals surface area contributed by atoms with E-state index in [0.29, 0.717) is 63.6 Å². The highest BCUT2D eigenvalue weighted by atomic mass is 35.5. The first kappa shape index (κ1) is 22.5. The second kappa shape index (κ2) is 8.34. The number of likely N-dealkylation sites (tertiary alicyclic amines) is 1. The number of hydrogen-bond donors (Lipinski definition) is 2. The van der Waals surface area contributed by atoms with Gasteiger partial charge in [0.1, 0.15) is 5.69 Å². The first-order valence-corrected chi connectivity index (χ1v) is 12.6. The topological polar surface area (TPSA) is 108 Å². The molecule has 10 heteroatoms. The van der Waals surface area contributed by atoms with E-state index in [-0.39, 0.29) is 40.6 Å². The number of anilines is 1. The number of carbonyl (C=O) groups is 3. The molecule has 0 radical (unpaired) electrons. The van der Waals surface area contributed by atoms with Crippen LogP contribution in [0, 0.1) is 10.8 Å². The van der Waals surface area contributed by atoms with Crippen molar-refractivity contribution in [1.82, 2.24) is 20.2 Å². The maximum Gasteiger partial charge on any atom is 0.274 e. The van der Waals surface area contributed by atoms with Gasteiger partial charge in [-0.05, 0) is 44.2 Å². The highest BCUT2D eigenvalue weighted by Gasteiger charge is 2.52. The van der Waals surface area contributed by atoms with Crippen molar-refractivity contribution in [2.75, 3.05) is 37.7 Å². The Bertz CT molecular complexity index is 1180. The van der Waals surface area contributed by atoms with Gasteiger partial charge in [-0.25, -0.2) is 4.98 Å². The summed E-state index contributed by atoms with van der Waals surface area (Å²) in [5, 5.41) is 3.64. The van der Waals surface area contributed by atoms with Gasteiger partial charge in [-0.3, -0.25) is 14.4 Å². The predicted octanol–water partition coefficient (Wildman–Crippen LogP) is 2.63. The van der Waals surface area contributed by atoms with Gasteiger partial charge in [0.25, 0.3) is 11.8 Å². The van der Waals surface area contributed by atoms with Crippen LogP contribution in [-0.2, 0) is 9.53 Å². The van der Waals surface area contributed by atoms with Gasteiger partial charge in [-0.2, -0.15) is 0 Å². The predicted molar refractivity (Wildman–Crippen MR) is 128 cm³/mol. The van der Waals surface area contributed by atoms with Crippen molar-refractivity contribution in [3.05, 3.63) is 47.0 Å². The zero-order valence-corrected chi connectivity index (χ0v) is 20.1. The van der Waals surface area contributed by atoms with Crippen molar-refractivity contribution >= 4 is 35.0 Å². The standard InChI is InChI=1S/C25H28ClN5O4/c26-17-3-1-2-4-18(17)31-10-9-25(23(31)34)7-5-16(6-8-25)29-21(32)19-20(28-15-27-19)22(33)30-11-24(12-30)13-35-14-24/h1-4,15-16H,5-14H2,(H,27,28)(H,29,32)/t16-,25-. The van der Waals surface area contributed by atoms with Gasteiger partial charge in [-0.1, -0.05) is 23.7 Å². The number of ether oxygens (including phenoxy) is 1. The molecular weight excluding hydrogens is 470 g/mol. The maximum atomic E-state index is 13.4. The normalized spacial score (nSPS) is 27.1. The number of amides is 3. The molecule has 2 N–H and O–H groups in total. The van der Waals surface area contributed by atoms with Crippen LogP contribution in [0.15, 0.2) is 30.6 Å². The van der Waals surface area contributed by atoms with E-state index in [1.54, 1.807) is 15.9 Å². The zero-order chi connectivity index (χ0) is 24.2. The first-order chi connectivity index (χ1) is 16.9. The Morgan fingerprint density at radius 2 is 1.89 bits per heavy atom. The van der Waals surface area contributed by atoms with Crippen molar-refractivity contribution in [1.29, 1.82) is 0 Å². The fourth-order valence-electron chi connectivity index (χ4n) is 6.02. The molecule has 1 aliphatic carbocycles. The van der Waals surface area contributed by atoms with Crippen molar-refractivity contribution in [2.24, 2.45) is 10.8 Å². The summed E-state index contributed by atoms with van der Waals surface area (Å²) >= 11 is 6.34. The van der Waals surface area contributed by atoms with Crippen LogP contribution in [0.4, 0.5) is 5.69 Å². The van der Waals surface area contributed by atoms with E-state index in [4.69, 9.17) is 16.3 Å². The third-order valence-corrected chi connectivity index (χ3v) is 8.48. The van der Waals surface area contributed by atoms with Gasteiger partial charge in [-0.15, -0.1) is 0 Å². The van der Waals surface area contributed by atoms with Gasteiger partial charge < -0.3 is 24.8 Å². The summed E-state index contributed by atoms with van der Waals surface area (Å²) in [4.78, 5) is 49.8. The molecule has 6 rings (SSSR count). The quantitative estimate of drug-likeness (QED) is 0.675. The highest BCUT2D eigenvalue weighted by Crippen LogP contribution is 2.47. The molecule has 3 saturated heterocycles. The number of halogens is 1. The lowest BCUT2D eigenvalue weighted by Crippen LogP contribution is -2.67. The summed E-state index contributed by atoms with van der Waals surface area (Å²) in [6.45, 7) is 3.32. The van der Waals surface area contributed by atoms with E-state index in [2.05, 4.69) is 15.3 Å². The molecule has 4 aliphatic rings. The molecule has 4 heterocycles. The molecule has 9 nitrogen and oxygen atoms in total. The molecule has 0 unspecified atom stereocenters. The summed E-state index contributed by atoms with van der Waals surface area (Å²) in [5.74, 6) is -0.432. The molecule has 4 fully saturated rings. The van der Waals surface area contributed by atoms with Gasteiger partial charge in [0.05, 0.1) is 41.1 Å². The van der Waals surface area contributed by atoms with Crippen LogP contribution >= 0.6 is 11.6 Å². The number of carbonyl (C=O) groups excluding carboxylic acids is 3. The molecule has 1 aromatic carbocycles. The molecule has 3 amide bonds. The number of nitrogens with one attached hydrogen (secondary N) is 2. The summed E-state index contributed by atoms with van der Waals surface area (Å²) in [6, 6.07) is 7.38. The van der Waals surface area contributed by atoms with Crippen molar-refractivity contribution in [2.45, 2.75) is 38.1 Å². The maximum absolute atomic E-state index is 13.4. The molecule has 1 aromatic heterocycles. The highest BCUT2D eigenvalue weighted by molar-refractivity contribution is 6.34. The molecule has 2 spiro atoms. The SMILES string of the molecule is O=C(N[C@H]1CC[C@@]2(CCN(c3ccccc3Cl)C2=O)CC1)c1[nH]cnc1C(=O)N1CC2(COC2)C1. The molecule has 184 valence electrons. The lowest BCUT2D eigenvalue weighted by molar-refractivity contribution is -0.176. The number of hydrogen-bond acceptors (Lipinski definition) is 5. The number of benzene rings is 1. The monoisotopic (exact) mass is 497 g/mol. The fourth-order valence-corrected chi connectivity index (χ4v) is 6.25. The number of aromatic nitrogens is 2. The van der Waals surface area contributed by atoms with Crippen LogP contribution in [-0.4, -0.2) is 71.5 Å². The molecule has 0 bridgehead atoms. The van der Waals surface area contributed by atoms with Gasteiger partial charge in [0.2, 0.25) is 5.91 Å². The van der Waals surface area contributed by atoms with E-state index < -0.39 is 5.41 Å². The number of aromatic amines is 1. The van der Waals surface area contributed by atoms with Crippen LogP contribution in [0.1, 0.15) is 53.1 Å². The Balaban J connectivity index is 1.06. The van der Waals surface area contributed by atoms with Crippen molar-refractivity contribution < 1.29 is 19.1 Å². The van der Waals surface area contributed by atoms with E-state index in [1.165, 1.54) is 6.33 Å². The van der Waals surface area contributed by atoms with E-state index >= 15 is 0 Å². The third kappa shape index (κ3) is 3.72. The van der Waals surface area contributed by atoms with Crippen molar-refractivity contribution in [3.63, 3.8) is 0 Å². The molecule has 3 aliphatic heterocycles. The van der Waals surface area contributed by atoms with Crippen LogP contribution in [0.3, 0.4) is 0 Å². The van der Waals surface area contributed by atoms with E-state index in [1.807, 2.05) is 18.2 Å². The van der Waals surface area contributed by atoms with Crippen LogP contribution in [0.25, 0.3) is 0 Å². The Morgan fingerprint density at radius 3 is 2.57 bits per heavy atom. The first-order valence-electron chi connectivity index (χ1n) is 12.2. The summed E-state index contributed by atoms with van der Waals surface area (Å²) in [5.41, 5.74) is 0.828. The lowest BCUT2D eigenvalue weighted by atomic mass is 9.71. The van der Waals surface area contributed by atoms with Crippen LogP contribution in [0.2, 0.25) is 5.02 Å². The fraction of sp³-hybridized carbons (Fsp3) is 0.520. The number of H-pyrrole nitrogens is 1. The summed E-state index contributed by atoms with van der Waals surface area (Å²) in [7, 11) is 0. The molecule has 2 aromatic rings. The molecular formula is C25H28ClN5O4. The Morgan fingerprint density at radius 1 is 1.14 bits per heavy atom. The lowest BCUT2D eigenvalue weighted by Gasteiger charge is -2.54. The molecule has 1 saturated carbocycles. The van der Waals surface area contributed by atoms with Gasteiger partial charge in [0, 0.05) is 25.7 Å². The largest absolute Gasteiger partial charge is 0.380 e. The van der Waals surface area contributed by atoms with Crippen molar-refractivity contribution in [3.8, 4) is 0 Å². The molecule has 35 heavy (non-hydrogen) atoms. The van der Waals surface area contributed by atoms with Gasteiger partial charge >= 0.3 is 0 Å². The Hall–Kier alpha value is -2.91. The van der Waals surface area contributed by atoms with Crippen LogP contribution < -0.4 is 10.2 Å². The van der Waals surface area contributed by atoms with E-state index in [9.17, 15) is 14.4 Å². The Labute approximate surface area is 208 Å². The third-order valence-electron chi connectivity index (χ3n) is 8.16. The Kier molecular flexibility index (Phi) is 5.37. The average molecular weight is 498 g/mol. The number of rotatable bonds is 4. The second-order valence-corrected chi connectivity index (χ2v) is 10.9. The minimum atomic E-state index is -0.395. The average Bonchev–Trinajstić information content (AvgIpc) is 3.40. The number of imidazole rings is 1. The number of nitrogens with zero attached hydrogens (tertiary/aromatic N) is 3. The summed E-state index contributed by atoms with van der Waals surface area (Å²) in [6.07, 6.45) is 5.02. The van der Waals surface area contributed by atoms with E-state index in [0.717, 1.165) is 12.1 Å². The minimum Gasteiger partial charge on any atom is -0.380 e. The number of para-hydroxylation sites is 1. The summed E-state index contributed by atoms with van der Waals surface area (Å²) < 4.78 is 5.27. The smallest absolute Gasteiger partial charge is 0.274 e.